The second kappa shape index (κ2) is 8.34. The summed E-state index contributed by atoms with van der Waals surface area (Å²) in [6, 6.07) is 0.397. The van der Waals surface area contributed by atoms with Gasteiger partial charge in [0, 0.05) is 25.6 Å². The smallest absolute Gasteiger partial charge is 0.305 e. The molecule has 1 aliphatic heterocycles. The van der Waals surface area contributed by atoms with Gasteiger partial charge in [-0.15, -0.1) is 0 Å². The van der Waals surface area contributed by atoms with Crippen molar-refractivity contribution in [3.8, 4) is 0 Å². The number of nitrogens with one attached hydrogen (secondary N) is 1. The summed E-state index contributed by atoms with van der Waals surface area (Å²) in [5.41, 5.74) is 0. The summed E-state index contributed by atoms with van der Waals surface area (Å²) in [7, 11) is 1.37. The summed E-state index contributed by atoms with van der Waals surface area (Å²) >= 11 is 0. The zero-order valence-electron chi connectivity index (χ0n) is 12.8. The van der Waals surface area contributed by atoms with Crippen LogP contribution in [0.2, 0.25) is 0 Å². The van der Waals surface area contributed by atoms with Crippen molar-refractivity contribution in [3.05, 3.63) is 0 Å². The van der Waals surface area contributed by atoms with Crippen LogP contribution in [0, 0.1) is 0 Å². The molecule has 1 N–H and O–H groups in total. The molecule has 6 nitrogen and oxygen atoms in total. The molecule has 2 unspecified atom stereocenters. The standard InChI is InChI=1S/C15H26N2O4/c1-20-15(19)7-4-8-16-14(18)11-17-9-10-21-13-6-3-2-5-12(13)17/h12-13H,2-11H2,1H3,(H,16,18). The van der Waals surface area contributed by atoms with Crippen LogP contribution in [0.1, 0.15) is 38.5 Å². The molecule has 1 saturated carbocycles. The number of nitrogens with zero attached hydrogens (tertiary/aromatic N) is 1. The van der Waals surface area contributed by atoms with E-state index in [9.17, 15) is 9.59 Å². The lowest BCUT2D eigenvalue weighted by molar-refractivity contribution is -0.141. The van der Waals surface area contributed by atoms with Gasteiger partial charge in [-0.05, 0) is 19.3 Å². The monoisotopic (exact) mass is 298 g/mol. The summed E-state index contributed by atoms with van der Waals surface area (Å²) in [5, 5.41) is 2.88. The minimum absolute atomic E-state index is 0.0334. The molecule has 2 rings (SSSR count). The van der Waals surface area contributed by atoms with Crippen LogP contribution in [0.3, 0.4) is 0 Å². The first kappa shape index (κ1) is 16.2. The lowest BCUT2D eigenvalue weighted by Gasteiger charge is -2.43. The highest BCUT2D eigenvalue weighted by atomic mass is 16.5. The number of esters is 1. The van der Waals surface area contributed by atoms with Crippen LogP contribution < -0.4 is 5.32 Å². The van der Waals surface area contributed by atoms with E-state index in [1.807, 2.05) is 0 Å². The average Bonchev–Trinajstić information content (AvgIpc) is 2.51. The summed E-state index contributed by atoms with van der Waals surface area (Å²) in [6.45, 7) is 2.50. The number of morpholine rings is 1. The quantitative estimate of drug-likeness (QED) is 0.577. The van der Waals surface area contributed by atoms with E-state index in [2.05, 4.69) is 15.0 Å². The molecule has 0 radical (unpaired) electrons. The lowest BCUT2D eigenvalue weighted by atomic mass is 9.90. The Morgan fingerprint density at radius 2 is 2.14 bits per heavy atom. The third-order valence-electron chi connectivity index (χ3n) is 4.30. The SMILES string of the molecule is COC(=O)CCCNC(=O)CN1CCOC2CCCCC21. The fraction of sp³-hybridized carbons (Fsp3) is 0.867. The number of fused-ring (bicyclic) bond motifs is 1. The minimum Gasteiger partial charge on any atom is -0.469 e. The zero-order valence-corrected chi connectivity index (χ0v) is 12.8. The number of amides is 1. The maximum absolute atomic E-state index is 12.0. The van der Waals surface area contributed by atoms with Gasteiger partial charge in [0.25, 0.3) is 0 Å². The fourth-order valence-corrected chi connectivity index (χ4v) is 3.18. The molecule has 0 bridgehead atoms. The highest BCUT2D eigenvalue weighted by Gasteiger charge is 2.34. The van der Waals surface area contributed by atoms with Crippen LogP contribution in [-0.2, 0) is 19.1 Å². The van der Waals surface area contributed by atoms with Gasteiger partial charge in [-0.3, -0.25) is 14.5 Å². The molecule has 6 heteroatoms. The number of rotatable bonds is 6. The number of hydrogen-bond acceptors (Lipinski definition) is 5. The van der Waals surface area contributed by atoms with E-state index < -0.39 is 0 Å². The molecule has 1 aliphatic carbocycles. The van der Waals surface area contributed by atoms with Crippen molar-refractivity contribution in [1.82, 2.24) is 10.2 Å². The summed E-state index contributed by atoms with van der Waals surface area (Å²) in [6.07, 6.45) is 5.96. The normalized spacial score (nSPS) is 26.0. The summed E-state index contributed by atoms with van der Waals surface area (Å²) in [4.78, 5) is 25.2. The van der Waals surface area contributed by atoms with Gasteiger partial charge in [-0.1, -0.05) is 12.8 Å². The maximum atomic E-state index is 12.0. The van der Waals surface area contributed by atoms with Gasteiger partial charge in [-0.2, -0.15) is 0 Å². The molecule has 1 saturated heterocycles. The van der Waals surface area contributed by atoms with Crippen LogP contribution in [-0.4, -0.2) is 62.3 Å². The fourth-order valence-electron chi connectivity index (χ4n) is 3.18. The van der Waals surface area contributed by atoms with E-state index in [0.717, 1.165) is 26.0 Å². The highest BCUT2D eigenvalue weighted by molar-refractivity contribution is 5.78. The lowest BCUT2D eigenvalue weighted by Crippen LogP contribution is -2.55. The van der Waals surface area contributed by atoms with Crippen LogP contribution in [0.4, 0.5) is 0 Å². The van der Waals surface area contributed by atoms with E-state index in [4.69, 9.17) is 4.74 Å². The van der Waals surface area contributed by atoms with Crippen LogP contribution >= 0.6 is 0 Å². The molecule has 2 atom stereocenters. The van der Waals surface area contributed by atoms with Crippen LogP contribution in [0.15, 0.2) is 0 Å². The summed E-state index contributed by atoms with van der Waals surface area (Å²) in [5.74, 6) is -0.200. The van der Waals surface area contributed by atoms with Gasteiger partial charge in [0.15, 0.2) is 0 Å². The molecular weight excluding hydrogens is 272 g/mol. The van der Waals surface area contributed by atoms with E-state index in [1.54, 1.807) is 0 Å². The van der Waals surface area contributed by atoms with Crippen molar-refractivity contribution in [1.29, 1.82) is 0 Å². The van der Waals surface area contributed by atoms with E-state index in [-0.39, 0.29) is 11.9 Å². The second-order valence-corrected chi connectivity index (χ2v) is 5.76. The zero-order chi connectivity index (χ0) is 15.1. The van der Waals surface area contributed by atoms with Crippen molar-refractivity contribution in [2.75, 3.05) is 33.4 Å². The van der Waals surface area contributed by atoms with E-state index >= 15 is 0 Å². The largest absolute Gasteiger partial charge is 0.469 e. The average molecular weight is 298 g/mol. The maximum Gasteiger partial charge on any atom is 0.305 e. The molecule has 21 heavy (non-hydrogen) atoms. The Morgan fingerprint density at radius 1 is 1.33 bits per heavy atom. The molecule has 0 spiro atoms. The molecule has 1 heterocycles. The van der Waals surface area contributed by atoms with Crippen LogP contribution in [0.5, 0.6) is 0 Å². The molecule has 120 valence electrons. The predicted octanol–water partition coefficient (Wildman–Crippen LogP) is 0.699. The Bertz CT molecular complexity index is 360. The third-order valence-corrected chi connectivity index (χ3v) is 4.30. The Labute approximate surface area is 126 Å². The second-order valence-electron chi connectivity index (χ2n) is 5.76. The number of carbonyl (C=O) groups is 2. The van der Waals surface area contributed by atoms with Gasteiger partial charge < -0.3 is 14.8 Å². The molecule has 0 aromatic rings. The molecular formula is C15H26N2O4. The number of methoxy groups -OCH3 is 1. The molecule has 2 aliphatic rings. The van der Waals surface area contributed by atoms with E-state index in [1.165, 1.54) is 20.0 Å². The van der Waals surface area contributed by atoms with Crippen molar-refractivity contribution in [2.45, 2.75) is 50.7 Å². The Morgan fingerprint density at radius 3 is 2.95 bits per heavy atom. The van der Waals surface area contributed by atoms with Gasteiger partial charge >= 0.3 is 5.97 Å². The van der Waals surface area contributed by atoms with Gasteiger partial charge in [0.05, 0.1) is 26.4 Å². The number of carbonyl (C=O) groups excluding carboxylic acids is 2. The number of ether oxygens (including phenoxy) is 2. The van der Waals surface area contributed by atoms with E-state index in [0.29, 0.717) is 38.1 Å². The topological polar surface area (TPSA) is 67.9 Å². The van der Waals surface area contributed by atoms with Crippen LogP contribution in [0.25, 0.3) is 0 Å². The molecule has 0 aromatic carbocycles. The van der Waals surface area contributed by atoms with Gasteiger partial charge in [0.1, 0.15) is 0 Å². The van der Waals surface area contributed by atoms with Crippen molar-refractivity contribution in [3.63, 3.8) is 0 Å². The first-order chi connectivity index (χ1) is 10.2. The first-order valence-electron chi connectivity index (χ1n) is 7.90. The first-order valence-corrected chi connectivity index (χ1v) is 7.90. The van der Waals surface area contributed by atoms with Gasteiger partial charge in [-0.25, -0.2) is 0 Å². The molecule has 0 aromatic heterocycles. The predicted molar refractivity (Wildman–Crippen MR) is 77.8 cm³/mol. The Balaban J connectivity index is 1.68. The van der Waals surface area contributed by atoms with Crippen molar-refractivity contribution in [2.24, 2.45) is 0 Å². The Hall–Kier alpha value is -1.14. The summed E-state index contributed by atoms with van der Waals surface area (Å²) < 4.78 is 10.4. The van der Waals surface area contributed by atoms with Gasteiger partial charge in [0.2, 0.25) is 5.91 Å². The highest BCUT2D eigenvalue weighted by Crippen LogP contribution is 2.28. The van der Waals surface area contributed by atoms with Crippen molar-refractivity contribution < 1.29 is 19.1 Å². The minimum atomic E-state index is -0.234. The number of hydrogen-bond donors (Lipinski definition) is 1. The Kier molecular flexibility index (Phi) is 6.45. The van der Waals surface area contributed by atoms with Crippen molar-refractivity contribution >= 4 is 11.9 Å². The molecule has 1 amide bonds. The third kappa shape index (κ3) is 4.97. The molecule has 2 fully saturated rings.